The molecule has 0 radical (unpaired) electrons. The average Bonchev–Trinajstić information content (AvgIpc) is 2.24. The molecule has 114 valence electrons. The minimum atomic E-state index is -1.52. The van der Waals surface area contributed by atoms with Crippen LogP contribution >= 0.6 is 0 Å². The average molecular weight is 287 g/mol. The summed E-state index contributed by atoms with van der Waals surface area (Å²) in [5.74, 6) is -3.72. The minimum Gasteiger partial charge on any atom is -0.444 e. The van der Waals surface area contributed by atoms with Gasteiger partial charge in [-0.25, -0.2) is 4.79 Å². The lowest BCUT2D eigenvalue weighted by Gasteiger charge is -2.40. The Hall–Kier alpha value is -1.83. The number of amides is 3. The van der Waals surface area contributed by atoms with Crippen molar-refractivity contribution in [2.24, 2.45) is 23.3 Å². The fraction of sp³-hybridized carbons (Fsp3) is 0.750. The van der Waals surface area contributed by atoms with Gasteiger partial charge in [0.15, 0.2) is 0 Å². The predicted octanol–water partition coefficient (Wildman–Crippen LogP) is -0.851. The van der Waals surface area contributed by atoms with E-state index in [0.29, 0.717) is 0 Å². The first kappa shape index (κ1) is 16.2. The summed E-state index contributed by atoms with van der Waals surface area (Å²) in [5.41, 5.74) is 9.64. The van der Waals surface area contributed by atoms with Crippen molar-refractivity contribution >= 4 is 17.9 Å². The SMILES string of the molecule is CC(C)(C)OC(=O)N1CCC(C(N)=O)C(C(N)=O)C1O. The standard InChI is InChI=1S/C12H21N3O5/c1-12(2,3)20-11(19)15-5-4-6(8(13)16)7(9(14)17)10(15)18/h6-7,10,18H,4-5H2,1-3H3,(H2,13,16)(H2,14,17). The number of primary amides is 2. The van der Waals surface area contributed by atoms with Crippen LogP contribution in [0, 0.1) is 11.8 Å². The lowest BCUT2D eigenvalue weighted by atomic mass is 9.83. The van der Waals surface area contributed by atoms with E-state index in [-0.39, 0.29) is 13.0 Å². The van der Waals surface area contributed by atoms with Gasteiger partial charge < -0.3 is 21.3 Å². The number of carbonyl (C=O) groups is 3. The van der Waals surface area contributed by atoms with E-state index in [1.165, 1.54) is 0 Å². The summed E-state index contributed by atoms with van der Waals surface area (Å²) in [6.45, 7) is 5.10. The number of hydrogen-bond acceptors (Lipinski definition) is 5. The Morgan fingerprint density at radius 2 is 1.75 bits per heavy atom. The molecule has 0 saturated carbocycles. The highest BCUT2D eigenvalue weighted by atomic mass is 16.6. The lowest BCUT2D eigenvalue weighted by Crippen LogP contribution is -2.58. The van der Waals surface area contributed by atoms with Gasteiger partial charge in [-0.05, 0) is 27.2 Å². The fourth-order valence-electron chi connectivity index (χ4n) is 2.18. The molecule has 1 fully saturated rings. The molecule has 0 aromatic rings. The highest BCUT2D eigenvalue weighted by Gasteiger charge is 2.45. The molecule has 3 unspecified atom stereocenters. The number of hydrogen-bond donors (Lipinski definition) is 3. The molecule has 5 N–H and O–H groups in total. The van der Waals surface area contributed by atoms with Crippen LogP contribution in [0.15, 0.2) is 0 Å². The molecule has 0 bridgehead atoms. The van der Waals surface area contributed by atoms with Crippen LogP contribution in [0.25, 0.3) is 0 Å². The van der Waals surface area contributed by atoms with E-state index >= 15 is 0 Å². The van der Waals surface area contributed by atoms with Crippen LogP contribution < -0.4 is 11.5 Å². The largest absolute Gasteiger partial charge is 0.444 e. The van der Waals surface area contributed by atoms with Crippen LogP contribution in [0.4, 0.5) is 4.79 Å². The molecule has 8 heteroatoms. The van der Waals surface area contributed by atoms with Gasteiger partial charge >= 0.3 is 6.09 Å². The zero-order chi connectivity index (χ0) is 15.7. The summed E-state index contributed by atoms with van der Waals surface area (Å²) in [7, 11) is 0. The molecule has 0 aromatic carbocycles. The van der Waals surface area contributed by atoms with Crippen LogP contribution in [0.3, 0.4) is 0 Å². The van der Waals surface area contributed by atoms with Gasteiger partial charge in [0.1, 0.15) is 11.8 Å². The summed E-state index contributed by atoms with van der Waals surface area (Å²) in [4.78, 5) is 35.6. The Bertz CT molecular complexity index is 418. The van der Waals surface area contributed by atoms with Gasteiger partial charge in [-0.1, -0.05) is 0 Å². The highest BCUT2D eigenvalue weighted by Crippen LogP contribution is 2.29. The molecule has 3 amide bonds. The zero-order valence-electron chi connectivity index (χ0n) is 11.8. The maximum atomic E-state index is 11.9. The monoisotopic (exact) mass is 287 g/mol. The molecule has 1 heterocycles. The van der Waals surface area contributed by atoms with Crippen LogP contribution in [0.1, 0.15) is 27.2 Å². The first-order valence-corrected chi connectivity index (χ1v) is 6.31. The minimum absolute atomic E-state index is 0.0630. The van der Waals surface area contributed by atoms with E-state index in [4.69, 9.17) is 16.2 Å². The lowest BCUT2D eigenvalue weighted by molar-refractivity contribution is -0.149. The molecule has 1 saturated heterocycles. The Labute approximate surface area is 117 Å². The van der Waals surface area contributed by atoms with Gasteiger partial charge in [-0.15, -0.1) is 0 Å². The summed E-state index contributed by atoms with van der Waals surface area (Å²) in [5, 5.41) is 10.1. The molecule has 1 aliphatic rings. The number of carbonyl (C=O) groups excluding carboxylic acids is 3. The number of rotatable bonds is 2. The second-order valence-electron chi connectivity index (χ2n) is 5.81. The number of nitrogens with two attached hydrogens (primary N) is 2. The van der Waals surface area contributed by atoms with Gasteiger partial charge in [0.25, 0.3) is 0 Å². The quantitative estimate of drug-likeness (QED) is 0.607. The third-order valence-corrected chi connectivity index (χ3v) is 3.08. The van der Waals surface area contributed by atoms with Crippen molar-refractivity contribution in [1.82, 2.24) is 4.90 Å². The normalized spacial score (nSPS) is 27.0. The summed E-state index contributed by atoms with van der Waals surface area (Å²) in [6, 6.07) is 0. The van der Waals surface area contributed by atoms with E-state index in [2.05, 4.69) is 0 Å². The van der Waals surface area contributed by atoms with Crippen LogP contribution in [-0.2, 0) is 14.3 Å². The number of likely N-dealkylation sites (tertiary alicyclic amines) is 1. The highest BCUT2D eigenvalue weighted by molar-refractivity contribution is 5.87. The third-order valence-electron chi connectivity index (χ3n) is 3.08. The molecule has 1 rings (SSSR count). The van der Waals surface area contributed by atoms with Gasteiger partial charge in [-0.3, -0.25) is 14.5 Å². The Morgan fingerprint density at radius 1 is 1.20 bits per heavy atom. The van der Waals surface area contributed by atoms with Crippen molar-refractivity contribution < 1.29 is 24.2 Å². The number of aliphatic hydroxyl groups excluding tert-OH is 1. The maximum absolute atomic E-state index is 11.9. The second kappa shape index (κ2) is 5.66. The van der Waals surface area contributed by atoms with Crippen molar-refractivity contribution in [3.05, 3.63) is 0 Å². The van der Waals surface area contributed by atoms with E-state index in [1.54, 1.807) is 20.8 Å². The summed E-state index contributed by atoms with van der Waals surface area (Å²) >= 11 is 0. The van der Waals surface area contributed by atoms with Crippen molar-refractivity contribution in [3.8, 4) is 0 Å². The van der Waals surface area contributed by atoms with Gasteiger partial charge in [-0.2, -0.15) is 0 Å². The second-order valence-corrected chi connectivity index (χ2v) is 5.81. The van der Waals surface area contributed by atoms with Crippen molar-refractivity contribution in [3.63, 3.8) is 0 Å². The van der Waals surface area contributed by atoms with Crippen LogP contribution in [0.5, 0.6) is 0 Å². The molecule has 20 heavy (non-hydrogen) atoms. The Kier molecular flexibility index (Phi) is 4.59. The van der Waals surface area contributed by atoms with Crippen LogP contribution in [-0.4, -0.2) is 46.3 Å². The number of piperidine rings is 1. The van der Waals surface area contributed by atoms with E-state index in [9.17, 15) is 19.5 Å². The number of nitrogens with zero attached hydrogens (tertiary/aromatic N) is 1. The Balaban J connectivity index is 2.91. The summed E-state index contributed by atoms with van der Waals surface area (Å²) in [6.07, 6.45) is -2.13. The first-order valence-electron chi connectivity index (χ1n) is 6.31. The van der Waals surface area contributed by atoms with Crippen molar-refractivity contribution in [2.75, 3.05) is 6.54 Å². The third kappa shape index (κ3) is 3.60. The molecule has 0 aromatic heterocycles. The number of ether oxygens (including phenoxy) is 1. The van der Waals surface area contributed by atoms with Crippen LogP contribution in [0.2, 0.25) is 0 Å². The van der Waals surface area contributed by atoms with E-state index < -0.39 is 41.6 Å². The van der Waals surface area contributed by atoms with E-state index in [0.717, 1.165) is 4.90 Å². The van der Waals surface area contributed by atoms with Crippen molar-refractivity contribution in [2.45, 2.75) is 39.0 Å². The molecular formula is C12H21N3O5. The van der Waals surface area contributed by atoms with Gasteiger partial charge in [0, 0.05) is 6.54 Å². The molecular weight excluding hydrogens is 266 g/mol. The van der Waals surface area contributed by atoms with E-state index in [1.807, 2.05) is 0 Å². The fourth-order valence-corrected chi connectivity index (χ4v) is 2.18. The molecule has 0 aliphatic carbocycles. The first-order chi connectivity index (χ1) is 9.04. The summed E-state index contributed by atoms with van der Waals surface area (Å²) < 4.78 is 5.13. The molecule has 0 spiro atoms. The molecule has 8 nitrogen and oxygen atoms in total. The smallest absolute Gasteiger partial charge is 0.412 e. The number of aliphatic hydroxyl groups is 1. The zero-order valence-corrected chi connectivity index (χ0v) is 11.8. The predicted molar refractivity (Wildman–Crippen MR) is 68.9 cm³/mol. The van der Waals surface area contributed by atoms with Gasteiger partial charge in [0.05, 0.1) is 11.8 Å². The van der Waals surface area contributed by atoms with Crippen molar-refractivity contribution in [1.29, 1.82) is 0 Å². The maximum Gasteiger partial charge on any atom is 0.412 e. The van der Waals surface area contributed by atoms with Gasteiger partial charge in [0.2, 0.25) is 11.8 Å². The Morgan fingerprint density at radius 3 is 2.15 bits per heavy atom. The molecule has 3 atom stereocenters. The topological polar surface area (TPSA) is 136 Å². The molecule has 1 aliphatic heterocycles.